The molecule has 1 aromatic carbocycles. The number of phenolic OH excluding ortho intramolecular Hbond substituents is 1. The quantitative estimate of drug-likeness (QED) is 0.444. The van der Waals surface area contributed by atoms with Gasteiger partial charge < -0.3 is 5.11 Å². The van der Waals surface area contributed by atoms with E-state index in [1.807, 2.05) is 0 Å². The molecule has 4 N–H and O–H groups in total. The highest BCUT2D eigenvalue weighted by Crippen LogP contribution is 2.42. The fourth-order valence-corrected chi connectivity index (χ4v) is 1.20. The van der Waals surface area contributed by atoms with Crippen LogP contribution < -0.4 is 5.30 Å². The maximum atomic E-state index is 8.79. The predicted octanol–water partition coefficient (Wildman–Crippen LogP) is -0.243. The maximum absolute atomic E-state index is 8.79. The molecule has 0 aliphatic carbocycles. The van der Waals surface area contributed by atoms with E-state index in [9.17, 15) is 0 Å². The molecule has 0 spiro atoms. The average molecular weight is 175 g/mol. The average Bonchev–Trinajstić information content (AvgIpc) is 1.86. The molecule has 4 nitrogen and oxygen atoms in total. The van der Waals surface area contributed by atoms with Gasteiger partial charge in [0, 0.05) is 0 Å². The van der Waals surface area contributed by atoms with Gasteiger partial charge in [0.05, 0.1) is 0 Å². The van der Waals surface area contributed by atoms with Crippen molar-refractivity contribution >= 4 is 13.2 Å². The van der Waals surface area contributed by atoms with Crippen LogP contribution in [0.2, 0.25) is 0 Å². The van der Waals surface area contributed by atoms with Crippen molar-refractivity contribution in [2.24, 2.45) is 0 Å². The zero-order valence-corrected chi connectivity index (χ0v) is 6.44. The number of aromatic hydroxyl groups is 1. The largest absolute Gasteiger partial charge is 0.508 e. The first-order valence-electron chi connectivity index (χ1n) is 2.87. The summed E-state index contributed by atoms with van der Waals surface area (Å²) in [6.45, 7) is 0. The van der Waals surface area contributed by atoms with E-state index in [1.54, 1.807) is 0 Å². The van der Waals surface area contributed by atoms with E-state index in [1.165, 1.54) is 24.3 Å². The molecule has 0 unspecified atom stereocenters. The van der Waals surface area contributed by atoms with Gasteiger partial charge in [-0.2, -0.15) is 14.7 Å². The molecule has 0 amide bonds. The molecule has 0 atom stereocenters. The zero-order valence-electron chi connectivity index (χ0n) is 5.55. The standard InChI is InChI=1S/C6H7O4P/c7-5-1-3-6(4-2-5)11(8,9)10/h1-4,8-10H/p+1. The van der Waals surface area contributed by atoms with E-state index in [-0.39, 0.29) is 11.1 Å². The van der Waals surface area contributed by atoms with Gasteiger partial charge in [-0.05, 0) is 24.3 Å². The van der Waals surface area contributed by atoms with Gasteiger partial charge in [0.25, 0.3) is 0 Å². The summed E-state index contributed by atoms with van der Waals surface area (Å²) in [4.78, 5) is 26.2. The lowest BCUT2D eigenvalue weighted by Crippen LogP contribution is -2.07. The highest BCUT2D eigenvalue weighted by atomic mass is 31.2. The first-order valence-corrected chi connectivity index (χ1v) is 4.52. The van der Waals surface area contributed by atoms with Gasteiger partial charge in [0.15, 0.2) is 5.30 Å². The molecule has 5 heteroatoms. The fraction of sp³-hybridized carbons (Fsp3) is 0. The van der Waals surface area contributed by atoms with Gasteiger partial charge in [-0.25, -0.2) is 0 Å². The van der Waals surface area contributed by atoms with Crippen molar-refractivity contribution in [1.82, 2.24) is 0 Å². The molecule has 0 fully saturated rings. The summed E-state index contributed by atoms with van der Waals surface area (Å²) in [7, 11) is -3.90. The summed E-state index contributed by atoms with van der Waals surface area (Å²) in [6.07, 6.45) is 0. The summed E-state index contributed by atoms with van der Waals surface area (Å²) in [5, 5.41) is 8.81. The summed E-state index contributed by atoms with van der Waals surface area (Å²) in [5.74, 6) is 0.0159. The lowest BCUT2D eigenvalue weighted by atomic mass is 10.3. The Balaban J connectivity index is 2.99. The lowest BCUT2D eigenvalue weighted by Gasteiger charge is -2.01. The number of phenols is 1. The summed E-state index contributed by atoms with van der Waals surface area (Å²) in [6, 6.07) is 5.05. The minimum absolute atomic E-state index is 0.0159. The van der Waals surface area contributed by atoms with Crippen molar-refractivity contribution in [3.63, 3.8) is 0 Å². The zero-order chi connectivity index (χ0) is 8.48. The molecule has 60 valence electrons. The van der Waals surface area contributed by atoms with Crippen LogP contribution in [0.3, 0.4) is 0 Å². The van der Waals surface area contributed by atoms with E-state index in [0.717, 1.165) is 0 Å². The van der Waals surface area contributed by atoms with Gasteiger partial charge in [0.1, 0.15) is 5.75 Å². The number of benzene rings is 1. The summed E-state index contributed by atoms with van der Waals surface area (Å²) < 4.78 is 0. The van der Waals surface area contributed by atoms with Crippen molar-refractivity contribution in [2.45, 2.75) is 0 Å². The minimum Gasteiger partial charge on any atom is -0.508 e. The Morgan fingerprint density at radius 1 is 0.909 bits per heavy atom. The fourth-order valence-electron chi connectivity index (χ4n) is 0.653. The van der Waals surface area contributed by atoms with Crippen LogP contribution in [-0.2, 0) is 0 Å². The van der Waals surface area contributed by atoms with Crippen LogP contribution in [0.4, 0.5) is 0 Å². The highest BCUT2D eigenvalue weighted by Gasteiger charge is 2.33. The Kier molecular flexibility index (Phi) is 2.11. The molecule has 0 saturated carbocycles. The Hall–Kier alpha value is -0.670. The summed E-state index contributed by atoms with van der Waals surface area (Å²) in [5.41, 5.74) is 0. The van der Waals surface area contributed by atoms with E-state index in [2.05, 4.69) is 0 Å². The Morgan fingerprint density at radius 2 is 1.36 bits per heavy atom. The van der Waals surface area contributed by atoms with Crippen molar-refractivity contribution in [3.05, 3.63) is 24.3 Å². The van der Waals surface area contributed by atoms with Crippen molar-refractivity contribution in [3.8, 4) is 5.75 Å². The topological polar surface area (TPSA) is 80.9 Å². The van der Waals surface area contributed by atoms with E-state index >= 15 is 0 Å². The molecule has 11 heavy (non-hydrogen) atoms. The van der Waals surface area contributed by atoms with Gasteiger partial charge in [-0.15, -0.1) is 0 Å². The molecular formula is C6H8O4P+. The third kappa shape index (κ3) is 2.13. The second kappa shape index (κ2) is 2.75. The van der Waals surface area contributed by atoms with Gasteiger partial charge in [-0.3, -0.25) is 0 Å². The molecule has 1 aromatic rings. The van der Waals surface area contributed by atoms with Gasteiger partial charge in [0.2, 0.25) is 0 Å². The van der Waals surface area contributed by atoms with Crippen LogP contribution in [0.15, 0.2) is 24.3 Å². The molecule has 0 aromatic heterocycles. The SMILES string of the molecule is Oc1ccc([P+](O)(O)O)cc1. The van der Waals surface area contributed by atoms with Crippen LogP contribution in [0.5, 0.6) is 5.75 Å². The number of hydrogen-bond donors (Lipinski definition) is 4. The van der Waals surface area contributed by atoms with Crippen LogP contribution in [0.25, 0.3) is 0 Å². The molecule has 0 aliphatic rings. The molecule has 0 bridgehead atoms. The molecule has 0 radical (unpaired) electrons. The van der Waals surface area contributed by atoms with E-state index in [0.29, 0.717) is 0 Å². The molecular weight excluding hydrogens is 167 g/mol. The molecule has 0 aliphatic heterocycles. The van der Waals surface area contributed by atoms with Crippen LogP contribution >= 0.6 is 7.94 Å². The minimum atomic E-state index is -3.90. The second-order valence-corrected chi connectivity index (χ2v) is 3.74. The Bertz CT molecular complexity index is 238. The second-order valence-electron chi connectivity index (χ2n) is 2.08. The van der Waals surface area contributed by atoms with Crippen LogP contribution in [-0.4, -0.2) is 19.8 Å². The summed E-state index contributed by atoms with van der Waals surface area (Å²) >= 11 is 0. The maximum Gasteiger partial charge on any atom is 0.440 e. The van der Waals surface area contributed by atoms with Crippen molar-refractivity contribution in [2.75, 3.05) is 0 Å². The molecule has 1 rings (SSSR count). The third-order valence-corrected chi connectivity index (χ3v) is 2.19. The smallest absolute Gasteiger partial charge is 0.440 e. The van der Waals surface area contributed by atoms with E-state index < -0.39 is 7.94 Å². The number of hydrogen-bond acceptors (Lipinski definition) is 4. The lowest BCUT2D eigenvalue weighted by molar-refractivity contribution is 0.347. The van der Waals surface area contributed by atoms with Crippen molar-refractivity contribution in [1.29, 1.82) is 0 Å². The molecule has 0 saturated heterocycles. The van der Waals surface area contributed by atoms with Crippen LogP contribution in [0, 0.1) is 0 Å². The van der Waals surface area contributed by atoms with Crippen molar-refractivity contribution < 1.29 is 19.8 Å². The van der Waals surface area contributed by atoms with E-state index in [4.69, 9.17) is 19.8 Å². The van der Waals surface area contributed by atoms with Crippen LogP contribution in [0.1, 0.15) is 0 Å². The first kappa shape index (κ1) is 8.43. The monoisotopic (exact) mass is 175 g/mol. The first-order chi connectivity index (χ1) is 5.00. The Morgan fingerprint density at radius 3 is 1.73 bits per heavy atom. The van der Waals surface area contributed by atoms with Gasteiger partial charge in [-0.1, -0.05) is 0 Å². The molecule has 0 heterocycles. The number of rotatable bonds is 1. The van der Waals surface area contributed by atoms with Gasteiger partial charge >= 0.3 is 7.94 Å². The highest BCUT2D eigenvalue weighted by molar-refractivity contribution is 7.66. The Labute approximate surface area is 64.0 Å². The normalized spacial score (nSPS) is 11.5. The third-order valence-electron chi connectivity index (χ3n) is 1.20. The predicted molar refractivity (Wildman–Crippen MR) is 41.3 cm³/mol.